The summed E-state index contributed by atoms with van der Waals surface area (Å²) < 4.78 is 25.5. The van der Waals surface area contributed by atoms with Gasteiger partial charge in [-0.2, -0.15) is 9.97 Å². The van der Waals surface area contributed by atoms with Crippen molar-refractivity contribution in [3.8, 4) is 0 Å². The summed E-state index contributed by atoms with van der Waals surface area (Å²) in [6.45, 7) is 1.36. The van der Waals surface area contributed by atoms with Crippen molar-refractivity contribution in [1.29, 1.82) is 0 Å². The van der Waals surface area contributed by atoms with Crippen LogP contribution in [0.4, 0.5) is 14.7 Å². The van der Waals surface area contributed by atoms with Crippen LogP contribution in [0, 0.1) is 0 Å². The number of anilines is 1. The van der Waals surface area contributed by atoms with Crippen LogP contribution in [0.1, 0.15) is 25.6 Å². The van der Waals surface area contributed by atoms with E-state index in [2.05, 4.69) is 21.9 Å². The van der Waals surface area contributed by atoms with E-state index in [1.807, 2.05) is 0 Å². The van der Waals surface area contributed by atoms with Crippen LogP contribution in [-0.2, 0) is 6.42 Å². The highest BCUT2D eigenvalue weighted by atomic mass is 35.5. The topological polar surface area (TPSA) is 41.9 Å². The van der Waals surface area contributed by atoms with Gasteiger partial charge in [0.1, 0.15) is 5.82 Å². The fourth-order valence-corrected chi connectivity index (χ4v) is 1.79. The molecular weight excluding hydrogens is 250 g/mol. The number of unbranched alkanes of at least 4 members (excludes halogenated alkanes) is 1. The van der Waals surface area contributed by atoms with Crippen LogP contribution in [0.2, 0.25) is 5.28 Å². The minimum atomic E-state index is -2.64. The Balaban J connectivity index is 2.10. The van der Waals surface area contributed by atoms with Crippen molar-refractivity contribution in [2.24, 2.45) is 0 Å². The van der Waals surface area contributed by atoms with Crippen LogP contribution in [-0.4, -0.2) is 34.0 Å². The highest BCUT2D eigenvalue weighted by Gasteiger charge is 2.45. The molecule has 1 aliphatic heterocycles. The molecule has 1 aliphatic rings. The van der Waals surface area contributed by atoms with Crippen molar-refractivity contribution in [1.82, 2.24) is 15.0 Å². The third-order valence-electron chi connectivity index (χ3n) is 2.52. The Kier molecular flexibility index (Phi) is 3.42. The molecule has 0 bridgehead atoms. The molecule has 0 aromatic carbocycles. The first kappa shape index (κ1) is 12.4. The summed E-state index contributed by atoms with van der Waals surface area (Å²) in [5, 5.41) is 0.0660. The molecule has 2 heterocycles. The van der Waals surface area contributed by atoms with E-state index in [9.17, 15) is 8.78 Å². The molecule has 94 valence electrons. The molecule has 0 amide bonds. The maximum atomic E-state index is 12.7. The van der Waals surface area contributed by atoms with Crippen LogP contribution in [0.5, 0.6) is 0 Å². The Morgan fingerprint density at radius 1 is 1.29 bits per heavy atom. The standard InChI is InChI=1S/C10H13ClF2N4/c1-2-3-4-7-14-8(11)16-9(15-7)17-5-10(12,13)6-17/h2-6H2,1H3. The van der Waals surface area contributed by atoms with Gasteiger partial charge < -0.3 is 4.90 Å². The number of aryl methyl sites for hydroxylation is 1. The van der Waals surface area contributed by atoms with Gasteiger partial charge in [-0.25, -0.2) is 13.8 Å². The highest BCUT2D eigenvalue weighted by Crippen LogP contribution is 2.29. The zero-order chi connectivity index (χ0) is 12.5. The molecular formula is C10H13ClF2N4. The average Bonchev–Trinajstić information content (AvgIpc) is 2.22. The van der Waals surface area contributed by atoms with Gasteiger partial charge >= 0.3 is 0 Å². The first-order valence-electron chi connectivity index (χ1n) is 5.53. The van der Waals surface area contributed by atoms with Gasteiger partial charge in [0.25, 0.3) is 5.92 Å². The maximum Gasteiger partial charge on any atom is 0.282 e. The van der Waals surface area contributed by atoms with Gasteiger partial charge in [0.05, 0.1) is 13.1 Å². The van der Waals surface area contributed by atoms with Crippen molar-refractivity contribution in [2.75, 3.05) is 18.0 Å². The monoisotopic (exact) mass is 262 g/mol. The first-order valence-corrected chi connectivity index (χ1v) is 5.91. The molecule has 0 aliphatic carbocycles. The Hall–Kier alpha value is -1.04. The van der Waals surface area contributed by atoms with Crippen molar-refractivity contribution >= 4 is 17.5 Å². The van der Waals surface area contributed by atoms with Crippen molar-refractivity contribution in [3.63, 3.8) is 0 Å². The fourth-order valence-electron chi connectivity index (χ4n) is 1.62. The van der Waals surface area contributed by atoms with E-state index in [1.165, 1.54) is 4.90 Å². The SMILES string of the molecule is CCCCc1nc(Cl)nc(N2CC(F)(F)C2)n1. The second-order valence-corrected chi connectivity index (χ2v) is 4.47. The summed E-state index contributed by atoms with van der Waals surface area (Å²) in [6, 6.07) is 0. The molecule has 1 fully saturated rings. The van der Waals surface area contributed by atoms with Gasteiger partial charge in [0.2, 0.25) is 11.2 Å². The Morgan fingerprint density at radius 2 is 2.00 bits per heavy atom. The van der Waals surface area contributed by atoms with E-state index in [0.29, 0.717) is 12.2 Å². The van der Waals surface area contributed by atoms with Gasteiger partial charge in [0, 0.05) is 6.42 Å². The number of hydrogen-bond donors (Lipinski definition) is 0. The van der Waals surface area contributed by atoms with E-state index >= 15 is 0 Å². The molecule has 17 heavy (non-hydrogen) atoms. The molecule has 1 aromatic rings. The van der Waals surface area contributed by atoms with Crippen molar-refractivity contribution in [2.45, 2.75) is 32.1 Å². The minimum Gasteiger partial charge on any atom is -0.328 e. The maximum absolute atomic E-state index is 12.7. The van der Waals surface area contributed by atoms with E-state index in [1.54, 1.807) is 0 Å². The minimum absolute atomic E-state index is 0.0660. The van der Waals surface area contributed by atoms with Gasteiger partial charge in [-0.05, 0) is 18.0 Å². The van der Waals surface area contributed by atoms with Crippen LogP contribution in [0.3, 0.4) is 0 Å². The second-order valence-electron chi connectivity index (χ2n) is 4.14. The number of rotatable bonds is 4. The number of hydrogen-bond acceptors (Lipinski definition) is 4. The van der Waals surface area contributed by atoms with Gasteiger partial charge in [-0.1, -0.05) is 13.3 Å². The lowest BCUT2D eigenvalue weighted by atomic mass is 10.2. The summed E-state index contributed by atoms with van der Waals surface area (Å²) in [4.78, 5) is 13.4. The number of nitrogens with zero attached hydrogens (tertiary/aromatic N) is 4. The molecule has 0 unspecified atom stereocenters. The van der Waals surface area contributed by atoms with Crippen LogP contribution < -0.4 is 4.90 Å². The molecule has 0 spiro atoms. The third kappa shape index (κ3) is 3.00. The predicted molar refractivity (Wildman–Crippen MR) is 60.6 cm³/mol. The lowest BCUT2D eigenvalue weighted by Crippen LogP contribution is -2.57. The van der Waals surface area contributed by atoms with Gasteiger partial charge in [-0.3, -0.25) is 0 Å². The quantitative estimate of drug-likeness (QED) is 0.835. The van der Waals surface area contributed by atoms with Crippen molar-refractivity contribution in [3.05, 3.63) is 11.1 Å². The molecule has 7 heteroatoms. The van der Waals surface area contributed by atoms with E-state index in [-0.39, 0.29) is 24.3 Å². The summed E-state index contributed by atoms with van der Waals surface area (Å²) in [5.41, 5.74) is 0. The smallest absolute Gasteiger partial charge is 0.282 e. The van der Waals surface area contributed by atoms with Crippen LogP contribution >= 0.6 is 11.6 Å². The van der Waals surface area contributed by atoms with Crippen molar-refractivity contribution < 1.29 is 8.78 Å². The zero-order valence-electron chi connectivity index (χ0n) is 9.46. The lowest BCUT2D eigenvalue weighted by Gasteiger charge is -2.38. The summed E-state index contributed by atoms with van der Waals surface area (Å²) in [7, 11) is 0. The van der Waals surface area contributed by atoms with Crippen LogP contribution in [0.15, 0.2) is 0 Å². The molecule has 2 rings (SSSR count). The molecule has 1 saturated heterocycles. The highest BCUT2D eigenvalue weighted by molar-refractivity contribution is 6.28. The molecule has 1 aromatic heterocycles. The molecule has 0 N–H and O–H groups in total. The summed E-state index contributed by atoms with van der Waals surface area (Å²) in [6.07, 6.45) is 2.65. The van der Waals surface area contributed by atoms with Gasteiger partial charge in [-0.15, -0.1) is 0 Å². The first-order chi connectivity index (χ1) is 8.00. The van der Waals surface area contributed by atoms with E-state index in [0.717, 1.165) is 12.8 Å². The fraction of sp³-hybridized carbons (Fsp3) is 0.700. The third-order valence-corrected chi connectivity index (χ3v) is 2.69. The van der Waals surface area contributed by atoms with E-state index < -0.39 is 5.92 Å². The lowest BCUT2D eigenvalue weighted by molar-refractivity contribution is -0.0272. The molecule has 0 atom stereocenters. The zero-order valence-corrected chi connectivity index (χ0v) is 10.2. The molecule has 0 saturated carbocycles. The number of alkyl halides is 2. The number of aromatic nitrogens is 3. The van der Waals surface area contributed by atoms with E-state index in [4.69, 9.17) is 11.6 Å². The normalized spacial score (nSPS) is 18.0. The predicted octanol–water partition coefficient (Wildman–Crippen LogP) is 2.32. The van der Waals surface area contributed by atoms with Crippen LogP contribution in [0.25, 0.3) is 0 Å². The molecule has 0 radical (unpaired) electrons. The average molecular weight is 263 g/mol. The Morgan fingerprint density at radius 3 is 2.59 bits per heavy atom. The Labute approximate surface area is 103 Å². The largest absolute Gasteiger partial charge is 0.328 e. The summed E-state index contributed by atoms with van der Waals surface area (Å²) >= 11 is 5.75. The number of halogens is 3. The summed E-state index contributed by atoms with van der Waals surface area (Å²) in [5.74, 6) is -1.82. The second kappa shape index (κ2) is 4.68. The molecule has 4 nitrogen and oxygen atoms in total. The van der Waals surface area contributed by atoms with Gasteiger partial charge in [0.15, 0.2) is 0 Å². The Bertz CT molecular complexity index is 405.